The third kappa shape index (κ3) is 6.96. The second kappa shape index (κ2) is 14.0. The average Bonchev–Trinajstić information content (AvgIpc) is 3.27. The molecule has 0 bridgehead atoms. The molecule has 0 unspecified atom stereocenters. The number of halogens is 3. The molecule has 0 fully saturated rings. The molecule has 1 atom stereocenters. The van der Waals surface area contributed by atoms with E-state index in [9.17, 15) is 22.8 Å². The minimum Gasteiger partial charge on any atom is -0.495 e. The summed E-state index contributed by atoms with van der Waals surface area (Å²) >= 11 is 0. The van der Waals surface area contributed by atoms with E-state index in [0.29, 0.717) is 33.9 Å². The fourth-order valence-corrected chi connectivity index (χ4v) is 5.59. The number of benzene rings is 4. The third-order valence-corrected chi connectivity index (χ3v) is 8.04. The number of carbonyl (C=O) groups excluding carboxylic acids is 2. The Hall–Kier alpha value is -4.99. The first-order chi connectivity index (χ1) is 22.1. The monoisotopic (exact) mass is 631 g/mol. The topological polar surface area (TPSA) is 71.1 Å². The van der Waals surface area contributed by atoms with Gasteiger partial charge in [0.2, 0.25) is 0 Å². The Labute approximate surface area is 266 Å². The summed E-state index contributed by atoms with van der Waals surface area (Å²) in [6.45, 7) is 4.13. The maximum atomic E-state index is 14.1. The van der Waals surface area contributed by atoms with Gasteiger partial charge in [0.15, 0.2) is 0 Å². The molecule has 4 aromatic rings. The van der Waals surface area contributed by atoms with E-state index in [2.05, 4.69) is 12.2 Å². The van der Waals surface area contributed by atoms with Gasteiger partial charge in [-0.2, -0.15) is 13.2 Å². The lowest BCUT2D eigenvalue weighted by Gasteiger charge is -2.25. The molecule has 0 saturated carbocycles. The molecule has 2 amide bonds. The van der Waals surface area contributed by atoms with Gasteiger partial charge in [0.1, 0.15) is 18.1 Å². The molecule has 4 aromatic carbocycles. The van der Waals surface area contributed by atoms with E-state index in [1.165, 1.54) is 20.1 Å². The van der Waals surface area contributed by atoms with Gasteiger partial charge in [0, 0.05) is 30.3 Å². The van der Waals surface area contributed by atoms with Crippen LogP contribution in [0, 0.1) is 0 Å². The van der Waals surface area contributed by atoms with Gasteiger partial charge in [-0.25, -0.2) is 0 Å². The summed E-state index contributed by atoms with van der Waals surface area (Å²) in [5.41, 5.74) is 4.21. The van der Waals surface area contributed by atoms with Crippen molar-refractivity contribution in [2.45, 2.75) is 45.5 Å². The standard InChI is InChI=1S/C36H36F3N3O4/c1-4-27-19-20-42(30-14-10-9-13-29(30)40-27)34(43)26-15-17-28(32(22-26)46-23-24-11-7-6-8-12-24)25-16-18-31(33(21-25)45-3)41(5-2)35(44)36(37,38)39/h6-18,21-22,27,40H,4-5,19-20,23H2,1-3H3/t27-/m0/s1. The predicted molar refractivity (Wildman–Crippen MR) is 174 cm³/mol. The molecule has 46 heavy (non-hydrogen) atoms. The van der Waals surface area contributed by atoms with Crippen LogP contribution in [0.3, 0.4) is 0 Å². The number of fused-ring (bicyclic) bond motifs is 1. The molecule has 0 radical (unpaired) electrons. The summed E-state index contributed by atoms with van der Waals surface area (Å²) in [5, 5.41) is 3.55. The first kappa shape index (κ1) is 32.4. The van der Waals surface area contributed by atoms with E-state index < -0.39 is 12.1 Å². The van der Waals surface area contributed by atoms with Gasteiger partial charge in [-0.15, -0.1) is 0 Å². The van der Waals surface area contributed by atoms with Crippen LogP contribution in [0.2, 0.25) is 0 Å². The zero-order chi connectivity index (χ0) is 32.8. The molecular formula is C36H36F3N3O4. The summed E-state index contributed by atoms with van der Waals surface area (Å²) in [5.74, 6) is -1.66. The number of ether oxygens (including phenoxy) is 2. The number of alkyl halides is 3. The van der Waals surface area contributed by atoms with Crippen LogP contribution in [0.4, 0.5) is 30.2 Å². The summed E-state index contributed by atoms with van der Waals surface area (Å²) in [6.07, 6.45) is -3.34. The van der Waals surface area contributed by atoms with E-state index >= 15 is 0 Å². The normalized spacial score (nSPS) is 14.5. The van der Waals surface area contributed by atoms with Crippen molar-refractivity contribution in [1.82, 2.24) is 0 Å². The fraction of sp³-hybridized carbons (Fsp3) is 0.278. The molecule has 10 heteroatoms. The summed E-state index contributed by atoms with van der Waals surface area (Å²) in [6, 6.07) is 27.3. The van der Waals surface area contributed by atoms with Gasteiger partial charge in [0.25, 0.3) is 5.91 Å². The molecule has 1 N–H and O–H groups in total. The van der Waals surface area contributed by atoms with Crippen molar-refractivity contribution in [3.8, 4) is 22.6 Å². The van der Waals surface area contributed by atoms with Crippen molar-refractivity contribution >= 4 is 28.9 Å². The second-order valence-electron chi connectivity index (χ2n) is 10.9. The van der Waals surface area contributed by atoms with Crippen LogP contribution in [-0.2, 0) is 11.4 Å². The lowest BCUT2D eigenvalue weighted by Crippen LogP contribution is -2.41. The molecule has 240 valence electrons. The Bertz CT molecular complexity index is 1690. The quantitative estimate of drug-likeness (QED) is 0.202. The predicted octanol–water partition coefficient (Wildman–Crippen LogP) is 8.10. The Kier molecular flexibility index (Phi) is 9.84. The Morgan fingerprint density at radius 2 is 1.67 bits per heavy atom. The number of methoxy groups -OCH3 is 1. The Morgan fingerprint density at radius 3 is 2.37 bits per heavy atom. The van der Waals surface area contributed by atoms with Crippen LogP contribution >= 0.6 is 0 Å². The molecule has 0 saturated heterocycles. The van der Waals surface area contributed by atoms with Gasteiger partial charge < -0.3 is 24.6 Å². The third-order valence-electron chi connectivity index (χ3n) is 8.04. The van der Waals surface area contributed by atoms with E-state index in [4.69, 9.17) is 9.47 Å². The van der Waals surface area contributed by atoms with Crippen LogP contribution < -0.4 is 24.6 Å². The van der Waals surface area contributed by atoms with Crippen molar-refractivity contribution in [3.05, 3.63) is 102 Å². The highest BCUT2D eigenvalue weighted by atomic mass is 19.4. The van der Waals surface area contributed by atoms with E-state index in [1.54, 1.807) is 35.2 Å². The average molecular weight is 632 g/mol. The van der Waals surface area contributed by atoms with Crippen LogP contribution in [0.25, 0.3) is 11.1 Å². The minimum atomic E-state index is -5.04. The Balaban J connectivity index is 1.54. The van der Waals surface area contributed by atoms with Crippen molar-refractivity contribution in [2.75, 3.05) is 35.3 Å². The molecular weight excluding hydrogens is 595 g/mol. The highest BCUT2D eigenvalue weighted by Crippen LogP contribution is 2.39. The summed E-state index contributed by atoms with van der Waals surface area (Å²) in [7, 11) is 1.33. The zero-order valence-corrected chi connectivity index (χ0v) is 25.9. The number of nitrogens with zero attached hydrogens (tertiary/aromatic N) is 2. The molecule has 0 aliphatic carbocycles. The van der Waals surface area contributed by atoms with Gasteiger partial charge in [-0.05, 0) is 73.4 Å². The zero-order valence-electron chi connectivity index (χ0n) is 25.9. The lowest BCUT2D eigenvalue weighted by molar-refractivity contribution is -0.170. The van der Waals surface area contributed by atoms with Crippen LogP contribution in [0.5, 0.6) is 11.5 Å². The van der Waals surface area contributed by atoms with Crippen molar-refractivity contribution < 1.29 is 32.2 Å². The largest absolute Gasteiger partial charge is 0.495 e. The number of carbonyl (C=O) groups is 2. The summed E-state index contributed by atoms with van der Waals surface area (Å²) in [4.78, 5) is 28.6. The number of anilines is 3. The lowest BCUT2D eigenvalue weighted by atomic mass is 10.0. The van der Waals surface area contributed by atoms with Crippen LogP contribution in [-0.4, -0.2) is 44.2 Å². The molecule has 1 aliphatic heterocycles. The minimum absolute atomic E-state index is 0.00607. The maximum Gasteiger partial charge on any atom is 0.471 e. The van der Waals surface area contributed by atoms with E-state index in [1.807, 2.05) is 54.6 Å². The van der Waals surface area contributed by atoms with Gasteiger partial charge in [-0.3, -0.25) is 9.59 Å². The van der Waals surface area contributed by atoms with E-state index in [-0.39, 0.29) is 36.5 Å². The van der Waals surface area contributed by atoms with Gasteiger partial charge in [0.05, 0.1) is 24.2 Å². The van der Waals surface area contributed by atoms with Gasteiger partial charge in [-0.1, -0.05) is 55.5 Å². The highest BCUT2D eigenvalue weighted by Gasteiger charge is 2.43. The molecule has 0 spiro atoms. The number of amides is 2. The van der Waals surface area contributed by atoms with Crippen molar-refractivity contribution in [2.24, 2.45) is 0 Å². The Morgan fingerprint density at radius 1 is 0.935 bits per heavy atom. The highest BCUT2D eigenvalue weighted by molar-refractivity contribution is 6.08. The van der Waals surface area contributed by atoms with E-state index in [0.717, 1.165) is 29.8 Å². The fourth-order valence-electron chi connectivity index (χ4n) is 5.59. The van der Waals surface area contributed by atoms with Gasteiger partial charge >= 0.3 is 12.1 Å². The summed E-state index contributed by atoms with van der Waals surface area (Å²) < 4.78 is 51.7. The van der Waals surface area contributed by atoms with Crippen LogP contribution in [0.1, 0.15) is 42.6 Å². The maximum absolute atomic E-state index is 14.1. The number of hydrogen-bond donors (Lipinski definition) is 1. The molecule has 1 aliphatic rings. The number of para-hydroxylation sites is 2. The van der Waals surface area contributed by atoms with Crippen molar-refractivity contribution in [1.29, 1.82) is 0 Å². The number of rotatable bonds is 9. The molecule has 1 heterocycles. The second-order valence-corrected chi connectivity index (χ2v) is 10.9. The smallest absolute Gasteiger partial charge is 0.471 e. The first-order valence-electron chi connectivity index (χ1n) is 15.2. The molecule has 7 nitrogen and oxygen atoms in total. The van der Waals surface area contributed by atoms with Crippen LogP contribution in [0.15, 0.2) is 91.0 Å². The molecule has 0 aromatic heterocycles. The number of hydrogen-bond acceptors (Lipinski definition) is 5. The molecule has 5 rings (SSSR count). The number of nitrogens with one attached hydrogen (secondary N) is 1. The van der Waals surface area contributed by atoms with Crippen molar-refractivity contribution in [3.63, 3.8) is 0 Å². The first-order valence-corrected chi connectivity index (χ1v) is 15.2. The SMILES string of the molecule is CC[C@H]1CCN(C(=O)c2ccc(-c3ccc(N(CC)C(=O)C(F)(F)F)c(OC)c3)c(OCc3ccccc3)c2)c2ccccc2N1.